The van der Waals surface area contributed by atoms with Crippen LogP contribution in [-0.4, -0.2) is 60.6 Å². The van der Waals surface area contributed by atoms with Crippen LogP contribution in [0, 0.1) is 0 Å². The van der Waals surface area contributed by atoms with Gasteiger partial charge in [-0.1, -0.05) is 24.3 Å². The lowest BCUT2D eigenvalue weighted by Gasteiger charge is -2.30. The van der Waals surface area contributed by atoms with Gasteiger partial charge in [-0.25, -0.2) is 14.8 Å². The van der Waals surface area contributed by atoms with Crippen molar-refractivity contribution in [3.8, 4) is 17.0 Å². The summed E-state index contributed by atoms with van der Waals surface area (Å²) in [5.41, 5.74) is 1.87. The summed E-state index contributed by atoms with van der Waals surface area (Å²) in [6.45, 7) is 0.763. The number of alkyl halides is 3. The number of piperidine rings is 1. The number of nitrogens with zero attached hydrogens (tertiary/aromatic N) is 4. The van der Waals surface area contributed by atoms with Gasteiger partial charge in [0.15, 0.2) is 5.88 Å². The number of ether oxygens (including phenoxy) is 1. The van der Waals surface area contributed by atoms with E-state index in [-0.39, 0.29) is 17.7 Å². The lowest BCUT2D eigenvalue weighted by molar-refractivity contribution is -0.137. The number of aromatic nitrogens is 4. The lowest BCUT2D eigenvalue weighted by atomic mass is 10.0. The summed E-state index contributed by atoms with van der Waals surface area (Å²) < 4.78 is 47.2. The smallest absolute Gasteiger partial charge is 0.416 e. The molecule has 0 radical (unpaired) electrons. The molecule has 4 heterocycles. The Hall–Kier alpha value is -5.07. The Morgan fingerprint density at radius 3 is 2.51 bits per heavy atom. The molecule has 0 aliphatic carbocycles. The van der Waals surface area contributed by atoms with Crippen LogP contribution in [0.5, 0.6) is 5.88 Å². The normalized spacial score (nSPS) is 14.5. The molecule has 210 valence electrons. The van der Waals surface area contributed by atoms with Crippen molar-refractivity contribution in [3.05, 3.63) is 78.1 Å². The SMILES string of the molecule is O=C(Nc1nc2cc(-c3cccc(C(F)(F)F)c3)ccc2[nH]1)c1cn2c(OC3CCN(C(=O)O)CC3)cccc2n1. The molecular weight excluding hydrogens is 541 g/mol. The molecule has 2 amide bonds. The highest BCUT2D eigenvalue weighted by molar-refractivity contribution is 6.03. The molecular formula is C28H23F3N6O4. The zero-order chi connectivity index (χ0) is 28.7. The molecule has 1 saturated heterocycles. The second-order valence-electron chi connectivity index (χ2n) is 9.66. The second kappa shape index (κ2) is 10.2. The zero-order valence-corrected chi connectivity index (χ0v) is 21.4. The number of carboxylic acid groups (broad SMARTS) is 1. The van der Waals surface area contributed by atoms with Gasteiger partial charge in [0.25, 0.3) is 5.91 Å². The maximum atomic E-state index is 13.1. The number of H-pyrrole nitrogens is 1. The quantitative estimate of drug-likeness (QED) is 0.253. The fourth-order valence-electron chi connectivity index (χ4n) is 4.82. The molecule has 2 aromatic carbocycles. The number of rotatable bonds is 5. The number of imidazole rings is 2. The van der Waals surface area contributed by atoms with E-state index in [1.54, 1.807) is 53.1 Å². The van der Waals surface area contributed by atoms with Crippen molar-refractivity contribution in [1.82, 2.24) is 24.3 Å². The Labute approximate surface area is 230 Å². The predicted molar refractivity (Wildman–Crippen MR) is 143 cm³/mol. The third kappa shape index (κ3) is 5.38. The summed E-state index contributed by atoms with van der Waals surface area (Å²) in [6.07, 6.45) is -2.93. The van der Waals surface area contributed by atoms with E-state index < -0.39 is 23.7 Å². The topological polar surface area (TPSA) is 125 Å². The van der Waals surface area contributed by atoms with E-state index in [1.165, 1.54) is 11.0 Å². The van der Waals surface area contributed by atoms with Gasteiger partial charge in [0, 0.05) is 32.1 Å². The first kappa shape index (κ1) is 26.2. The molecule has 10 nitrogen and oxygen atoms in total. The largest absolute Gasteiger partial charge is 0.475 e. The van der Waals surface area contributed by atoms with Gasteiger partial charge in [-0.3, -0.25) is 14.5 Å². The molecule has 13 heteroatoms. The van der Waals surface area contributed by atoms with E-state index >= 15 is 0 Å². The van der Waals surface area contributed by atoms with E-state index in [0.29, 0.717) is 59.6 Å². The number of hydrogen-bond donors (Lipinski definition) is 3. The van der Waals surface area contributed by atoms with E-state index in [0.717, 1.165) is 12.1 Å². The van der Waals surface area contributed by atoms with Crippen LogP contribution in [0.15, 0.2) is 66.9 Å². The highest BCUT2D eigenvalue weighted by atomic mass is 19.4. The third-order valence-corrected chi connectivity index (χ3v) is 6.93. The van der Waals surface area contributed by atoms with E-state index in [1.807, 2.05) is 0 Å². The highest BCUT2D eigenvalue weighted by Crippen LogP contribution is 2.33. The molecule has 1 fully saturated rings. The zero-order valence-electron chi connectivity index (χ0n) is 21.4. The molecule has 3 aromatic heterocycles. The highest BCUT2D eigenvalue weighted by Gasteiger charge is 2.30. The van der Waals surface area contributed by atoms with Crippen LogP contribution in [-0.2, 0) is 6.18 Å². The van der Waals surface area contributed by atoms with Crippen molar-refractivity contribution in [3.63, 3.8) is 0 Å². The van der Waals surface area contributed by atoms with E-state index in [4.69, 9.17) is 9.84 Å². The van der Waals surface area contributed by atoms with Crippen LogP contribution >= 0.6 is 0 Å². The van der Waals surface area contributed by atoms with Crippen LogP contribution < -0.4 is 10.1 Å². The predicted octanol–water partition coefficient (Wildman–Crippen LogP) is 5.67. The first-order valence-electron chi connectivity index (χ1n) is 12.8. The number of carbonyl (C=O) groups is 2. The number of pyridine rings is 1. The standard InChI is InChI=1S/C28H23F3N6O4/c29-28(30,31)18-4-1-3-16(13-18)17-7-8-20-21(14-17)34-26(33-20)35-25(38)22-15-37-23(32-22)5-2-6-24(37)41-19-9-11-36(12-10-19)27(39)40/h1-8,13-15,19H,9-12H2,(H,39,40)(H2,33,34,35,38). The van der Waals surface area contributed by atoms with Crippen LogP contribution in [0.25, 0.3) is 27.8 Å². The number of halogens is 3. The second-order valence-corrected chi connectivity index (χ2v) is 9.66. The molecule has 3 N–H and O–H groups in total. The molecule has 0 bridgehead atoms. The summed E-state index contributed by atoms with van der Waals surface area (Å²) in [6, 6.07) is 15.3. The molecule has 1 aliphatic heterocycles. The molecule has 0 spiro atoms. The monoisotopic (exact) mass is 564 g/mol. The fourth-order valence-corrected chi connectivity index (χ4v) is 4.82. The molecule has 0 atom stereocenters. The van der Waals surface area contributed by atoms with Crippen molar-refractivity contribution < 1.29 is 32.6 Å². The van der Waals surface area contributed by atoms with Gasteiger partial charge in [0.2, 0.25) is 5.95 Å². The van der Waals surface area contributed by atoms with Gasteiger partial charge >= 0.3 is 12.3 Å². The molecule has 6 rings (SSSR count). The van der Waals surface area contributed by atoms with E-state index in [2.05, 4.69) is 20.3 Å². The molecule has 41 heavy (non-hydrogen) atoms. The number of amides is 2. The number of aromatic amines is 1. The van der Waals surface area contributed by atoms with Crippen molar-refractivity contribution in [2.45, 2.75) is 25.1 Å². The Morgan fingerprint density at radius 1 is 1.00 bits per heavy atom. The number of benzene rings is 2. The van der Waals surface area contributed by atoms with Crippen LogP contribution in [0.2, 0.25) is 0 Å². The Bertz CT molecular complexity index is 1770. The summed E-state index contributed by atoms with van der Waals surface area (Å²) in [5, 5.41) is 11.8. The fraction of sp³-hybridized carbons (Fsp3) is 0.214. The number of hydrogen-bond acceptors (Lipinski definition) is 5. The minimum atomic E-state index is -4.45. The van der Waals surface area contributed by atoms with Crippen molar-refractivity contribution in [1.29, 1.82) is 0 Å². The maximum absolute atomic E-state index is 13.1. The summed E-state index contributed by atoms with van der Waals surface area (Å²) in [4.78, 5) is 37.3. The minimum absolute atomic E-state index is 0.117. The van der Waals surface area contributed by atoms with Gasteiger partial charge in [-0.2, -0.15) is 13.2 Å². The van der Waals surface area contributed by atoms with Gasteiger partial charge in [-0.05, 0) is 47.5 Å². The number of anilines is 1. The summed E-state index contributed by atoms with van der Waals surface area (Å²) in [7, 11) is 0. The molecule has 1 aliphatic rings. The van der Waals surface area contributed by atoms with E-state index in [9.17, 15) is 22.8 Å². The Kier molecular flexibility index (Phi) is 6.48. The van der Waals surface area contributed by atoms with Gasteiger partial charge < -0.3 is 19.7 Å². The number of nitrogens with one attached hydrogen (secondary N) is 2. The molecule has 0 unspecified atom stereocenters. The lowest BCUT2D eigenvalue weighted by Crippen LogP contribution is -2.41. The Morgan fingerprint density at radius 2 is 1.76 bits per heavy atom. The van der Waals surface area contributed by atoms with Crippen LogP contribution in [0.4, 0.5) is 23.9 Å². The van der Waals surface area contributed by atoms with Crippen molar-refractivity contribution in [2.75, 3.05) is 18.4 Å². The average Bonchev–Trinajstić information content (AvgIpc) is 3.57. The number of fused-ring (bicyclic) bond motifs is 2. The van der Waals surface area contributed by atoms with Crippen LogP contribution in [0.1, 0.15) is 28.9 Å². The molecule has 0 saturated carbocycles. The van der Waals surface area contributed by atoms with Gasteiger partial charge in [-0.15, -0.1) is 0 Å². The van der Waals surface area contributed by atoms with Crippen molar-refractivity contribution >= 4 is 34.6 Å². The van der Waals surface area contributed by atoms with Crippen LogP contribution in [0.3, 0.4) is 0 Å². The minimum Gasteiger partial charge on any atom is -0.475 e. The van der Waals surface area contributed by atoms with Crippen molar-refractivity contribution in [2.24, 2.45) is 0 Å². The first-order chi connectivity index (χ1) is 19.6. The van der Waals surface area contributed by atoms with Gasteiger partial charge in [0.05, 0.1) is 16.6 Å². The third-order valence-electron chi connectivity index (χ3n) is 6.93. The number of likely N-dealkylation sites (tertiary alicyclic amines) is 1. The summed E-state index contributed by atoms with van der Waals surface area (Å²) in [5.74, 6) is 0.116. The first-order valence-corrected chi connectivity index (χ1v) is 12.8. The Balaban J connectivity index is 1.18. The average molecular weight is 565 g/mol. The van der Waals surface area contributed by atoms with Gasteiger partial charge in [0.1, 0.15) is 17.4 Å². The summed E-state index contributed by atoms with van der Waals surface area (Å²) >= 11 is 0. The number of carbonyl (C=O) groups excluding carboxylic acids is 1. The maximum Gasteiger partial charge on any atom is 0.416 e. The molecule has 5 aromatic rings.